The third-order valence-electron chi connectivity index (χ3n) is 4.99. The number of hydrogen-bond donors (Lipinski definition) is 0. The molecule has 1 fully saturated rings. The average molecular weight is 216 g/mol. The van der Waals surface area contributed by atoms with Gasteiger partial charge in [-0.2, -0.15) is 0 Å². The second kappa shape index (κ2) is 3.35. The normalized spacial score (nSPS) is 33.2. The molecule has 0 aliphatic heterocycles. The lowest BCUT2D eigenvalue weighted by molar-refractivity contribution is 0.343. The second-order valence-corrected chi connectivity index (χ2v) is 6.46. The predicted molar refractivity (Wildman–Crippen MR) is 70.8 cm³/mol. The molecule has 16 heavy (non-hydrogen) atoms. The van der Waals surface area contributed by atoms with Gasteiger partial charge in [-0.1, -0.05) is 57.0 Å². The van der Waals surface area contributed by atoms with Crippen LogP contribution >= 0.6 is 0 Å². The molecule has 2 unspecified atom stereocenters. The van der Waals surface area contributed by atoms with Crippen molar-refractivity contribution in [1.82, 2.24) is 0 Å². The van der Waals surface area contributed by atoms with Crippen LogP contribution in [0.1, 0.15) is 50.8 Å². The van der Waals surface area contributed by atoms with Crippen LogP contribution in [-0.4, -0.2) is 0 Å². The molecule has 1 aromatic rings. The summed E-state index contributed by atoms with van der Waals surface area (Å²) in [5.41, 5.74) is 5.23. The van der Waals surface area contributed by atoms with Crippen LogP contribution in [-0.2, 0) is 5.41 Å². The Morgan fingerprint density at radius 2 is 1.50 bits per heavy atom. The monoisotopic (exact) mass is 216 g/mol. The van der Waals surface area contributed by atoms with Crippen molar-refractivity contribution in [2.24, 2.45) is 11.3 Å². The Balaban J connectivity index is 2.40. The zero-order valence-corrected chi connectivity index (χ0v) is 11.5. The number of aryl methyl sites for hydroxylation is 2. The maximum atomic E-state index is 2.44. The van der Waals surface area contributed by atoms with Gasteiger partial charge >= 0.3 is 0 Å². The van der Waals surface area contributed by atoms with E-state index >= 15 is 0 Å². The van der Waals surface area contributed by atoms with E-state index in [-0.39, 0.29) is 0 Å². The molecule has 0 heterocycles. The molecular formula is C16H24. The van der Waals surface area contributed by atoms with E-state index in [0.717, 1.165) is 5.92 Å². The molecule has 0 N–H and O–H groups in total. The molecule has 1 aliphatic carbocycles. The van der Waals surface area contributed by atoms with Gasteiger partial charge in [-0.3, -0.25) is 0 Å². The summed E-state index contributed by atoms with van der Waals surface area (Å²) in [4.78, 5) is 0. The van der Waals surface area contributed by atoms with Crippen molar-refractivity contribution in [3.63, 3.8) is 0 Å². The molecule has 0 bridgehead atoms. The molecule has 88 valence electrons. The molecule has 0 saturated heterocycles. The highest BCUT2D eigenvalue weighted by molar-refractivity contribution is 5.41. The van der Waals surface area contributed by atoms with Crippen LogP contribution in [0.2, 0.25) is 0 Å². The lowest BCUT2D eigenvalue weighted by Crippen LogP contribution is -2.18. The third kappa shape index (κ3) is 1.50. The van der Waals surface area contributed by atoms with Crippen molar-refractivity contribution < 1.29 is 0 Å². The molecule has 0 aromatic heterocycles. The number of rotatable bonds is 2. The van der Waals surface area contributed by atoms with Crippen molar-refractivity contribution in [3.05, 3.63) is 34.9 Å². The highest BCUT2D eigenvalue weighted by atomic mass is 14.7. The molecule has 0 spiro atoms. The molecule has 1 saturated carbocycles. The molecule has 1 aromatic carbocycles. The minimum absolute atomic E-state index is 0.401. The maximum Gasteiger partial charge on any atom is -0.00130 e. The van der Waals surface area contributed by atoms with Crippen LogP contribution in [0.5, 0.6) is 0 Å². The Kier molecular flexibility index (Phi) is 2.45. The highest BCUT2D eigenvalue weighted by Gasteiger charge is 2.62. The predicted octanol–water partition coefficient (Wildman–Crippen LogP) is 4.63. The van der Waals surface area contributed by atoms with Gasteiger partial charge in [0, 0.05) is 0 Å². The Morgan fingerprint density at radius 1 is 1.00 bits per heavy atom. The van der Waals surface area contributed by atoms with E-state index in [0.29, 0.717) is 10.8 Å². The Hall–Kier alpha value is -0.780. The first-order chi connectivity index (χ1) is 7.29. The molecule has 1 aliphatic rings. The van der Waals surface area contributed by atoms with Gasteiger partial charge in [-0.25, -0.2) is 0 Å². The smallest absolute Gasteiger partial charge is 0.00130 e. The second-order valence-electron chi connectivity index (χ2n) is 6.46. The quantitative estimate of drug-likeness (QED) is 0.676. The first-order valence-electron chi connectivity index (χ1n) is 6.38. The van der Waals surface area contributed by atoms with Gasteiger partial charge in [0.15, 0.2) is 0 Å². The Bertz CT molecular complexity index is 396. The first-order valence-corrected chi connectivity index (χ1v) is 6.38. The zero-order valence-electron chi connectivity index (χ0n) is 11.5. The molecule has 2 rings (SSSR count). The third-order valence-corrected chi connectivity index (χ3v) is 4.99. The van der Waals surface area contributed by atoms with E-state index < -0.39 is 0 Å². The van der Waals surface area contributed by atoms with Gasteiger partial charge in [0.05, 0.1) is 0 Å². The zero-order chi connectivity index (χ0) is 12.1. The van der Waals surface area contributed by atoms with E-state index in [1.165, 1.54) is 17.5 Å². The van der Waals surface area contributed by atoms with Gasteiger partial charge < -0.3 is 0 Å². The van der Waals surface area contributed by atoms with E-state index in [1.807, 2.05) is 0 Å². The summed E-state index contributed by atoms with van der Waals surface area (Å²) >= 11 is 0. The summed E-state index contributed by atoms with van der Waals surface area (Å²) in [6, 6.07) is 7.02. The average Bonchev–Trinajstić information content (AvgIpc) is 2.71. The van der Waals surface area contributed by atoms with E-state index in [4.69, 9.17) is 0 Å². The maximum absolute atomic E-state index is 2.44. The lowest BCUT2D eigenvalue weighted by Gasteiger charge is -2.23. The van der Waals surface area contributed by atoms with Crippen LogP contribution in [0, 0.1) is 25.2 Å². The Labute approximate surface area is 100 Å². The van der Waals surface area contributed by atoms with Gasteiger partial charge in [0.1, 0.15) is 0 Å². The van der Waals surface area contributed by atoms with Crippen LogP contribution < -0.4 is 0 Å². The van der Waals surface area contributed by atoms with Gasteiger partial charge in [-0.15, -0.1) is 0 Å². The minimum Gasteiger partial charge on any atom is -0.0622 e. The van der Waals surface area contributed by atoms with Gasteiger partial charge in [0.25, 0.3) is 0 Å². The highest BCUT2D eigenvalue weighted by Crippen LogP contribution is 2.68. The first kappa shape index (κ1) is 11.7. The largest absolute Gasteiger partial charge is 0.0622 e. The summed E-state index contributed by atoms with van der Waals surface area (Å²) in [6.07, 6.45) is 1.33. The van der Waals surface area contributed by atoms with Crippen LogP contribution in [0.15, 0.2) is 18.2 Å². The summed E-state index contributed by atoms with van der Waals surface area (Å²) in [7, 11) is 0. The van der Waals surface area contributed by atoms with E-state index in [9.17, 15) is 0 Å². The SMILES string of the molecule is Cc1cc(C)cc(C2(C)CC2(C)C(C)C)c1. The summed E-state index contributed by atoms with van der Waals surface area (Å²) in [5.74, 6) is 0.762. The molecule has 0 radical (unpaired) electrons. The lowest BCUT2D eigenvalue weighted by atomic mass is 9.81. The molecule has 0 heteroatoms. The molecule has 0 nitrogen and oxygen atoms in total. The van der Waals surface area contributed by atoms with E-state index in [1.54, 1.807) is 5.56 Å². The van der Waals surface area contributed by atoms with Crippen molar-refractivity contribution in [3.8, 4) is 0 Å². The summed E-state index contributed by atoms with van der Waals surface area (Å²) < 4.78 is 0. The fraction of sp³-hybridized carbons (Fsp3) is 0.625. The van der Waals surface area contributed by atoms with Gasteiger partial charge in [0.2, 0.25) is 0 Å². The van der Waals surface area contributed by atoms with Crippen molar-refractivity contribution in [2.45, 2.75) is 53.4 Å². The summed E-state index contributed by atoms with van der Waals surface area (Å²) in [5, 5.41) is 0. The van der Waals surface area contributed by atoms with Gasteiger partial charge in [-0.05, 0) is 42.6 Å². The van der Waals surface area contributed by atoms with Crippen molar-refractivity contribution in [2.75, 3.05) is 0 Å². The van der Waals surface area contributed by atoms with Crippen LogP contribution in [0.25, 0.3) is 0 Å². The number of hydrogen-bond acceptors (Lipinski definition) is 0. The fourth-order valence-electron chi connectivity index (χ4n) is 3.26. The Morgan fingerprint density at radius 3 is 1.88 bits per heavy atom. The van der Waals surface area contributed by atoms with E-state index in [2.05, 4.69) is 59.7 Å². The minimum atomic E-state index is 0.401. The molecular weight excluding hydrogens is 192 g/mol. The molecule has 0 amide bonds. The van der Waals surface area contributed by atoms with Crippen molar-refractivity contribution in [1.29, 1.82) is 0 Å². The standard InChI is InChI=1S/C16H24/c1-11(2)15(5)10-16(15,6)14-8-12(3)7-13(4)9-14/h7-9,11H,10H2,1-6H3. The molecule has 2 atom stereocenters. The summed E-state index contributed by atoms with van der Waals surface area (Å²) in [6.45, 7) is 14.0. The van der Waals surface area contributed by atoms with Crippen molar-refractivity contribution >= 4 is 0 Å². The van der Waals surface area contributed by atoms with Crippen LogP contribution in [0.3, 0.4) is 0 Å². The van der Waals surface area contributed by atoms with Crippen LogP contribution in [0.4, 0.5) is 0 Å². The number of benzene rings is 1. The fourth-order valence-corrected chi connectivity index (χ4v) is 3.26. The topological polar surface area (TPSA) is 0 Å².